The largest absolute Gasteiger partial charge is 0.449 e. The van der Waals surface area contributed by atoms with Crippen LogP contribution in [0.15, 0.2) is 18.2 Å². The molecule has 144 valence electrons. The number of ether oxygens (including phenoxy) is 1. The van der Waals surface area contributed by atoms with E-state index in [2.05, 4.69) is 22.5 Å². The van der Waals surface area contributed by atoms with Gasteiger partial charge in [-0.15, -0.1) is 0 Å². The lowest BCUT2D eigenvalue weighted by Crippen LogP contribution is -2.44. The first-order valence-electron chi connectivity index (χ1n) is 9.32. The van der Waals surface area contributed by atoms with Gasteiger partial charge in [0.15, 0.2) is 6.10 Å². The van der Waals surface area contributed by atoms with E-state index in [4.69, 9.17) is 4.74 Å². The molecule has 0 aliphatic heterocycles. The molecule has 0 spiro atoms. The van der Waals surface area contributed by atoms with E-state index in [1.807, 2.05) is 12.1 Å². The summed E-state index contributed by atoms with van der Waals surface area (Å²) in [5, 5.41) is 5.62. The summed E-state index contributed by atoms with van der Waals surface area (Å²) < 4.78 is 5.23. The van der Waals surface area contributed by atoms with Gasteiger partial charge in [-0.05, 0) is 62.8 Å². The van der Waals surface area contributed by atoms with Crippen LogP contribution in [0, 0.1) is 5.92 Å². The Balaban J connectivity index is 1.73. The highest BCUT2D eigenvalue weighted by atomic mass is 16.5. The van der Waals surface area contributed by atoms with E-state index < -0.39 is 24.0 Å². The van der Waals surface area contributed by atoms with Crippen molar-refractivity contribution in [3.63, 3.8) is 0 Å². The Morgan fingerprint density at radius 1 is 1.33 bits per heavy atom. The van der Waals surface area contributed by atoms with E-state index in [0.717, 1.165) is 30.2 Å². The molecule has 2 atom stereocenters. The Morgan fingerprint density at radius 3 is 2.85 bits per heavy atom. The molecular weight excluding hydrogens is 346 g/mol. The van der Waals surface area contributed by atoms with Crippen LogP contribution in [0.3, 0.4) is 0 Å². The highest BCUT2D eigenvalue weighted by Crippen LogP contribution is 2.32. The van der Waals surface area contributed by atoms with Crippen molar-refractivity contribution in [1.82, 2.24) is 15.6 Å². The quantitative estimate of drug-likeness (QED) is 0.719. The van der Waals surface area contributed by atoms with Crippen molar-refractivity contribution in [1.29, 1.82) is 0 Å². The average Bonchev–Trinajstić information content (AvgIpc) is 2.98. The van der Waals surface area contributed by atoms with Crippen LogP contribution in [0.1, 0.15) is 48.8 Å². The van der Waals surface area contributed by atoms with Crippen molar-refractivity contribution in [2.24, 2.45) is 5.92 Å². The molecule has 0 saturated heterocycles. The molecular formula is C20H25N3O4. The van der Waals surface area contributed by atoms with Crippen molar-refractivity contribution in [3.05, 3.63) is 35.0 Å². The van der Waals surface area contributed by atoms with Gasteiger partial charge in [-0.3, -0.25) is 10.1 Å². The lowest BCUT2D eigenvalue weighted by Gasteiger charge is -2.18. The number of carbonyl (C=O) groups is 3. The zero-order valence-electron chi connectivity index (χ0n) is 15.8. The third-order valence-electron chi connectivity index (χ3n) is 4.90. The number of carbonyl (C=O) groups excluding carboxylic acids is 3. The third kappa shape index (κ3) is 4.13. The fourth-order valence-corrected chi connectivity index (χ4v) is 3.42. The van der Waals surface area contributed by atoms with Crippen LogP contribution in [-0.4, -0.2) is 35.5 Å². The van der Waals surface area contributed by atoms with Crippen molar-refractivity contribution in [3.8, 4) is 0 Å². The minimum atomic E-state index is -1.07. The fourth-order valence-electron chi connectivity index (χ4n) is 3.42. The molecule has 7 nitrogen and oxygen atoms in total. The predicted molar refractivity (Wildman–Crippen MR) is 102 cm³/mol. The molecule has 0 bridgehead atoms. The van der Waals surface area contributed by atoms with E-state index in [1.54, 1.807) is 13.0 Å². The fraction of sp³-hybridized carbons (Fsp3) is 0.450. The van der Waals surface area contributed by atoms with E-state index in [0.29, 0.717) is 18.0 Å². The third-order valence-corrected chi connectivity index (χ3v) is 4.90. The summed E-state index contributed by atoms with van der Waals surface area (Å²) in [6.07, 6.45) is 2.09. The van der Waals surface area contributed by atoms with Crippen molar-refractivity contribution in [2.75, 3.05) is 6.54 Å². The summed E-state index contributed by atoms with van der Waals surface area (Å²) in [6.45, 7) is 5.80. The minimum absolute atomic E-state index is 0.389. The molecule has 0 unspecified atom stereocenters. The minimum Gasteiger partial charge on any atom is -0.449 e. The second-order valence-electron chi connectivity index (χ2n) is 7.09. The number of aryl methyl sites for hydroxylation is 1. The molecule has 3 rings (SSSR count). The van der Waals surface area contributed by atoms with Crippen molar-refractivity contribution < 1.29 is 19.1 Å². The van der Waals surface area contributed by atoms with Crippen LogP contribution in [0.25, 0.3) is 10.9 Å². The molecule has 3 amide bonds. The van der Waals surface area contributed by atoms with Crippen LogP contribution in [0.5, 0.6) is 0 Å². The number of urea groups is 1. The number of hydrogen-bond acceptors (Lipinski definition) is 4. The topological polar surface area (TPSA) is 100 Å². The van der Waals surface area contributed by atoms with Crippen molar-refractivity contribution in [2.45, 2.75) is 46.1 Å². The average molecular weight is 371 g/mol. The number of esters is 1. The first-order valence-corrected chi connectivity index (χ1v) is 9.32. The number of fused-ring (bicyclic) bond motifs is 3. The van der Waals surface area contributed by atoms with Gasteiger partial charge in [-0.2, -0.15) is 0 Å². The van der Waals surface area contributed by atoms with Crippen LogP contribution < -0.4 is 10.6 Å². The van der Waals surface area contributed by atoms with E-state index in [9.17, 15) is 14.4 Å². The number of nitrogens with one attached hydrogen (secondary N) is 3. The molecule has 7 heteroatoms. The van der Waals surface area contributed by atoms with Gasteiger partial charge in [0.2, 0.25) is 0 Å². The van der Waals surface area contributed by atoms with Crippen LogP contribution in [0.4, 0.5) is 4.79 Å². The maximum absolute atomic E-state index is 12.5. The van der Waals surface area contributed by atoms with Crippen molar-refractivity contribution >= 4 is 28.8 Å². The molecule has 1 aromatic heterocycles. The van der Waals surface area contributed by atoms with Gasteiger partial charge in [-0.1, -0.05) is 6.92 Å². The number of hydrogen-bond donors (Lipinski definition) is 3. The molecule has 2 aromatic rings. The summed E-state index contributed by atoms with van der Waals surface area (Å²) in [5.41, 5.74) is 3.90. The molecule has 1 aromatic carbocycles. The SMILES string of the molecule is CCNC(=O)NC(=O)[C@H](C)OC(=O)c1ccc2[nH]c3c(c2c1)C[C@H](C)CC3. The first-order chi connectivity index (χ1) is 12.9. The first kappa shape index (κ1) is 18.9. The molecule has 0 saturated carbocycles. The number of benzene rings is 1. The molecule has 1 aliphatic rings. The van der Waals surface area contributed by atoms with Gasteiger partial charge in [0, 0.05) is 23.1 Å². The summed E-state index contributed by atoms with van der Waals surface area (Å²) >= 11 is 0. The lowest BCUT2D eigenvalue weighted by atomic mass is 9.87. The smallest absolute Gasteiger partial charge is 0.338 e. The Morgan fingerprint density at radius 2 is 2.11 bits per heavy atom. The second-order valence-corrected chi connectivity index (χ2v) is 7.09. The van der Waals surface area contributed by atoms with E-state index >= 15 is 0 Å². The molecule has 1 aliphatic carbocycles. The normalized spacial score (nSPS) is 17.1. The zero-order valence-corrected chi connectivity index (χ0v) is 15.8. The lowest BCUT2D eigenvalue weighted by molar-refractivity contribution is -0.127. The number of amides is 3. The van der Waals surface area contributed by atoms with E-state index in [1.165, 1.54) is 18.2 Å². The van der Waals surface area contributed by atoms with E-state index in [-0.39, 0.29) is 0 Å². The number of H-pyrrole nitrogens is 1. The van der Waals surface area contributed by atoms with Gasteiger partial charge < -0.3 is 15.0 Å². The number of rotatable bonds is 4. The Hall–Kier alpha value is -2.83. The van der Waals surface area contributed by atoms with Gasteiger partial charge in [0.25, 0.3) is 5.91 Å². The summed E-state index contributed by atoms with van der Waals surface area (Å²) in [4.78, 5) is 39.2. The maximum Gasteiger partial charge on any atom is 0.338 e. The molecule has 1 heterocycles. The highest BCUT2D eigenvalue weighted by Gasteiger charge is 2.23. The Kier molecular flexibility index (Phi) is 5.48. The van der Waals surface area contributed by atoms with Gasteiger partial charge in [0.1, 0.15) is 0 Å². The molecule has 3 N–H and O–H groups in total. The number of aromatic nitrogens is 1. The zero-order chi connectivity index (χ0) is 19.6. The van der Waals surface area contributed by atoms with Gasteiger partial charge in [0.05, 0.1) is 5.56 Å². The number of imide groups is 1. The monoisotopic (exact) mass is 371 g/mol. The molecule has 0 fully saturated rings. The molecule has 0 radical (unpaired) electrons. The standard InChI is InChI=1S/C20H25N3O4/c1-4-21-20(26)23-18(24)12(3)27-19(25)13-6-8-17-15(10-13)14-9-11(2)5-7-16(14)22-17/h6,8,10-12,22H,4-5,7,9H2,1-3H3,(H2,21,23,24,26)/t11-,12+/m1/s1. The highest BCUT2D eigenvalue weighted by molar-refractivity contribution is 6.00. The Labute approximate surface area is 157 Å². The summed E-state index contributed by atoms with van der Waals surface area (Å²) in [5.74, 6) is -0.637. The predicted octanol–water partition coefficient (Wildman–Crippen LogP) is 2.68. The summed E-state index contributed by atoms with van der Waals surface area (Å²) in [6, 6.07) is 4.76. The second kappa shape index (κ2) is 7.82. The van der Waals surface area contributed by atoms with Crippen LogP contribution >= 0.6 is 0 Å². The number of aromatic amines is 1. The van der Waals surface area contributed by atoms with Crippen LogP contribution in [0.2, 0.25) is 0 Å². The van der Waals surface area contributed by atoms with Gasteiger partial charge in [-0.25, -0.2) is 9.59 Å². The molecule has 27 heavy (non-hydrogen) atoms. The van der Waals surface area contributed by atoms with Gasteiger partial charge >= 0.3 is 12.0 Å². The maximum atomic E-state index is 12.5. The Bertz CT molecular complexity index is 887. The summed E-state index contributed by atoms with van der Waals surface area (Å²) in [7, 11) is 0. The van der Waals surface area contributed by atoms with Crippen LogP contribution in [-0.2, 0) is 22.4 Å².